The Kier molecular flexibility index (Phi) is 2.99. The van der Waals surface area contributed by atoms with Crippen LogP contribution in [0, 0.1) is 0 Å². The number of benzene rings is 6. The minimum atomic E-state index is -0.128. The minimum absolute atomic E-state index is 0.0806. The smallest absolute Gasteiger partial charge is 0.264 e. The van der Waals surface area contributed by atoms with Gasteiger partial charge in [0.2, 0.25) is 0 Å². The third kappa shape index (κ3) is 1.90. The molecule has 1 aliphatic carbocycles. The molecule has 0 bridgehead atoms. The van der Waals surface area contributed by atoms with Gasteiger partial charge in [-0.1, -0.05) is 48.5 Å². The number of carbonyl (C=O) groups is 2. The van der Waals surface area contributed by atoms with Crippen molar-refractivity contribution in [3.05, 3.63) is 94.3 Å². The highest BCUT2D eigenvalue weighted by molar-refractivity contribution is 6.41. The van der Waals surface area contributed by atoms with Crippen molar-refractivity contribution in [3.8, 4) is 0 Å². The molecule has 0 saturated heterocycles. The number of ketones is 2. The van der Waals surface area contributed by atoms with Gasteiger partial charge in [-0.15, -0.1) is 0 Å². The molecule has 2 heterocycles. The Balaban J connectivity index is 1.59. The van der Waals surface area contributed by atoms with Gasteiger partial charge < -0.3 is 0 Å². The lowest BCUT2D eigenvalue weighted by Crippen LogP contribution is -2.16. The van der Waals surface area contributed by atoms with Crippen LogP contribution in [0.5, 0.6) is 0 Å². The van der Waals surface area contributed by atoms with Crippen molar-refractivity contribution in [1.29, 1.82) is 0 Å². The van der Waals surface area contributed by atoms with Crippen LogP contribution in [0.1, 0.15) is 27.1 Å². The largest absolute Gasteiger partial charge is 0.294 e. The van der Waals surface area contributed by atoms with Crippen LogP contribution < -0.4 is 5.56 Å². The molecule has 0 fully saturated rings. The van der Waals surface area contributed by atoms with Crippen LogP contribution in [-0.2, 0) is 0 Å². The van der Waals surface area contributed by atoms with E-state index in [0.29, 0.717) is 22.2 Å². The average molecular weight is 462 g/mol. The summed E-state index contributed by atoms with van der Waals surface area (Å²) >= 11 is 0. The third-order valence-electron chi connectivity index (χ3n) is 8.06. The van der Waals surface area contributed by atoms with Gasteiger partial charge in [-0.2, -0.15) is 0 Å². The predicted octanol–water partition coefficient (Wildman–Crippen LogP) is 6.26. The van der Waals surface area contributed by atoms with Crippen LogP contribution in [0.4, 0.5) is 0 Å². The second-order valence-electron chi connectivity index (χ2n) is 9.73. The van der Waals surface area contributed by atoms with Crippen LogP contribution in [0.15, 0.2) is 77.6 Å². The average Bonchev–Trinajstić information content (AvgIpc) is 3.29. The van der Waals surface area contributed by atoms with Crippen molar-refractivity contribution in [2.24, 2.45) is 0 Å². The van der Waals surface area contributed by atoms with Gasteiger partial charge in [-0.25, -0.2) is 4.98 Å². The Morgan fingerprint density at radius 1 is 0.556 bits per heavy atom. The van der Waals surface area contributed by atoms with E-state index >= 15 is 0 Å². The Labute approximate surface area is 201 Å². The SMILES string of the molecule is O=C1CC(=O)c2ccc3c4ccc5c6c(ccc(c7ccc1c2c73)c46)c(=O)n1c2ccccc2nc51. The van der Waals surface area contributed by atoms with E-state index in [0.717, 1.165) is 59.5 Å². The molecule has 5 nitrogen and oxygen atoms in total. The van der Waals surface area contributed by atoms with Crippen LogP contribution >= 0.6 is 0 Å². The molecule has 0 atom stereocenters. The summed E-state index contributed by atoms with van der Waals surface area (Å²) in [5.41, 5.74) is 3.39. The lowest BCUT2D eigenvalue weighted by atomic mass is 9.81. The van der Waals surface area contributed by atoms with Gasteiger partial charge in [0.1, 0.15) is 5.65 Å². The second kappa shape index (κ2) is 5.83. The number of hydrogen-bond acceptors (Lipinski definition) is 4. The Morgan fingerprint density at radius 2 is 1.08 bits per heavy atom. The van der Waals surface area contributed by atoms with E-state index in [1.54, 1.807) is 4.40 Å². The number of rotatable bonds is 0. The van der Waals surface area contributed by atoms with Gasteiger partial charge >= 0.3 is 0 Å². The number of pyridine rings is 1. The molecule has 0 N–H and O–H groups in total. The summed E-state index contributed by atoms with van der Waals surface area (Å²) in [4.78, 5) is 44.1. The molecule has 0 spiro atoms. The van der Waals surface area contributed by atoms with Crippen LogP contribution in [-0.4, -0.2) is 21.0 Å². The van der Waals surface area contributed by atoms with E-state index in [-0.39, 0.29) is 23.5 Å². The summed E-state index contributed by atoms with van der Waals surface area (Å²) in [6.07, 6.45) is -0.0806. The van der Waals surface area contributed by atoms with Gasteiger partial charge in [-0.05, 0) is 56.6 Å². The first-order chi connectivity index (χ1) is 17.6. The zero-order valence-electron chi connectivity index (χ0n) is 18.8. The number of para-hydroxylation sites is 2. The van der Waals surface area contributed by atoms with Gasteiger partial charge in [0.25, 0.3) is 5.56 Å². The normalized spacial score (nSPS) is 14.2. The van der Waals surface area contributed by atoms with E-state index in [4.69, 9.17) is 4.98 Å². The number of carbonyl (C=O) groups excluding carboxylic acids is 2. The predicted molar refractivity (Wildman–Crippen MR) is 142 cm³/mol. The fourth-order valence-electron chi connectivity index (χ4n) is 6.59. The molecule has 0 amide bonds. The molecule has 0 unspecified atom stereocenters. The quantitative estimate of drug-likeness (QED) is 0.152. The standard InChI is InChI=1S/C31H14N2O3/c34-24-13-25(35)19-10-6-15-17-8-12-21-29-20(30-32-22-3-1-2-4-23(22)33(30)31(21)36)11-7-16(27(17)29)14-5-9-18(24)28(19)26(14)15/h1-12H,13H2. The molecule has 0 aliphatic heterocycles. The zero-order chi connectivity index (χ0) is 23.9. The van der Waals surface area contributed by atoms with E-state index in [1.807, 2.05) is 66.7 Å². The Hall–Kier alpha value is -4.90. The molecule has 2 aromatic heterocycles. The number of imidazole rings is 1. The molecule has 6 aromatic carbocycles. The molecular weight excluding hydrogens is 448 g/mol. The highest BCUT2D eigenvalue weighted by Crippen LogP contribution is 2.45. The fourth-order valence-corrected chi connectivity index (χ4v) is 6.59. The van der Waals surface area contributed by atoms with Crippen molar-refractivity contribution in [1.82, 2.24) is 9.38 Å². The molecule has 36 heavy (non-hydrogen) atoms. The Bertz CT molecular complexity index is 2330. The van der Waals surface area contributed by atoms with Gasteiger partial charge in [0.15, 0.2) is 11.6 Å². The van der Waals surface area contributed by atoms with E-state index in [2.05, 4.69) is 6.07 Å². The van der Waals surface area contributed by atoms with Gasteiger partial charge in [0, 0.05) is 32.7 Å². The maximum Gasteiger partial charge on any atom is 0.264 e. The third-order valence-corrected chi connectivity index (χ3v) is 8.06. The minimum Gasteiger partial charge on any atom is -0.294 e. The summed E-state index contributed by atoms with van der Waals surface area (Å²) in [7, 11) is 0. The number of aromatic nitrogens is 2. The lowest BCUT2D eigenvalue weighted by molar-refractivity contribution is 0.0890. The van der Waals surface area contributed by atoms with E-state index < -0.39 is 0 Å². The number of Topliss-reactive ketones (excluding diaryl/α,β-unsaturated/α-hetero) is 2. The molecule has 8 aromatic rings. The second-order valence-corrected chi connectivity index (χ2v) is 9.73. The first kappa shape index (κ1) is 18.4. The molecule has 0 saturated carbocycles. The highest BCUT2D eigenvalue weighted by Gasteiger charge is 2.28. The summed E-state index contributed by atoms with van der Waals surface area (Å²) in [6.45, 7) is 0. The first-order valence-corrected chi connectivity index (χ1v) is 11.9. The fraction of sp³-hybridized carbons (Fsp3) is 0.0323. The van der Waals surface area contributed by atoms with E-state index in [1.165, 1.54) is 0 Å². The monoisotopic (exact) mass is 462 g/mol. The number of nitrogens with zero attached hydrogens (tertiary/aromatic N) is 2. The molecule has 1 aliphatic rings. The van der Waals surface area contributed by atoms with Crippen LogP contribution in [0.25, 0.3) is 70.5 Å². The summed E-state index contributed by atoms with van der Waals surface area (Å²) in [6, 6.07) is 23.4. The summed E-state index contributed by atoms with van der Waals surface area (Å²) < 4.78 is 1.72. The number of fused-ring (bicyclic) bond motifs is 6. The lowest BCUT2D eigenvalue weighted by Gasteiger charge is -2.21. The van der Waals surface area contributed by atoms with Gasteiger partial charge in [-0.3, -0.25) is 18.8 Å². The molecule has 5 heteroatoms. The molecule has 0 radical (unpaired) electrons. The maximum absolute atomic E-state index is 13.8. The van der Waals surface area contributed by atoms with Crippen molar-refractivity contribution >= 4 is 82.1 Å². The van der Waals surface area contributed by atoms with Crippen LogP contribution in [0.3, 0.4) is 0 Å². The van der Waals surface area contributed by atoms with Gasteiger partial charge in [0.05, 0.1) is 17.5 Å². The summed E-state index contributed by atoms with van der Waals surface area (Å²) in [5, 5.41) is 9.17. The van der Waals surface area contributed by atoms with Crippen molar-refractivity contribution in [2.75, 3.05) is 0 Å². The zero-order valence-corrected chi connectivity index (χ0v) is 18.8. The van der Waals surface area contributed by atoms with Crippen molar-refractivity contribution in [3.63, 3.8) is 0 Å². The number of hydrogen-bond donors (Lipinski definition) is 0. The van der Waals surface area contributed by atoms with E-state index in [9.17, 15) is 14.4 Å². The topological polar surface area (TPSA) is 68.5 Å². The summed E-state index contributed by atoms with van der Waals surface area (Å²) in [5.74, 6) is -0.256. The Morgan fingerprint density at radius 3 is 1.78 bits per heavy atom. The van der Waals surface area contributed by atoms with Crippen molar-refractivity contribution in [2.45, 2.75) is 6.42 Å². The van der Waals surface area contributed by atoms with Crippen LogP contribution in [0.2, 0.25) is 0 Å². The molecule has 9 rings (SSSR count). The maximum atomic E-state index is 13.8. The molecule has 166 valence electrons. The first-order valence-electron chi connectivity index (χ1n) is 11.9. The molecular formula is C31H14N2O3. The highest BCUT2D eigenvalue weighted by atomic mass is 16.1. The van der Waals surface area contributed by atoms with Crippen molar-refractivity contribution < 1.29 is 9.59 Å².